The third kappa shape index (κ3) is 4.35. The van der Waals surface area contributed by atoms with Gasteiger partial charge in [-0.2, -0.15) is 0 Å². The van der Waals surface area contributed by atoms with Crippen molar-refractivity contribution in [3.63, 3.8) is 0 Å². The summed E-state index contributed by atoms with van der Waals surface area (Å²) in [5.41, 5.74) is 0.695. The first-order valence-electron chi connectivity index (χ1n) is 9.49. The zero-order chi connectivity index (χ0) is 21.3. The number of hydrogen-bond donors (Lipinski definition) is 3. The number of amides is 3. The predicted molar refractivity (Wildman–Crippen MR) is 115 cm³/mol. The molecule has 9 nitrogen and oxygen atoms in total. The molecule has 0 radical (unpaired) electrons. The van der Waals surface area contributed by atoms with Crippen LogP contribution in [0.5, 0.6) is 0 Å². The second kappa shape index (κ2) is 8.98. The molecular formula is C18H21N5O4S3. The lowest BCUT2D eigenvalue weighted by Gasteiger charge is -2.49. The molecule has 0 spiro atoms. The molecule has 3 amide bonds. The van der Waals surface area contributed by atoms with Crippen LogP contribution >= 0.6 is 34.9 Å². The van der Waals surface area contributed by atoms with Crippen LogP contribution in [0.25, 0.3) is 0 Å². The minimum Gasteiger partial charge on any atom is -0.477 e. The zero-order valence-corrected chi connectivity index (χ0v) is 18.6. The fourth-order valence-electron chi connectivity index (χ4n) is 3.57. The van der Waals surface area contributed by atoms with E-state index >= 15 is 0 Å². The van der Waals surface area contributed by atoms with E-state index < -0.39 is 23.3 Å². The van der Waals surface area contributed by atoms with Gasteiger partial charge >= 0.3 is 12.0 Å². The number of hydrogen-bond acceptors (Lipinski definition) is 8. The highest BCUT2D eigenvalue weighted by Crippen LogP contribution is 2.41. The number of aliphatic carboxylic acids is 1. The number of carboxylic acid groups (broad SMARTS) is 1. The molecule has 1 aliphatic carbocycles. The van der Waals surface area contributed by atoms with E-state index in [2.05, 4.69) is 26.9 Å². The van der Waals surface area contributed by atoms with Gasteiger partial charge in [-0.1, -0.05) is 35.3 Å². The predicted octanol–water partition coefficient (Wildman–Crippen LogP) is 1.97. The first kappa shape index (κ1) is 21.2. The van der Waals surface area contributed by atoms with Crippen LogP contribution in [0, 0.1) is 6.92 Å². The van der Waals surface area contributed by atoms with E-state index in [1.54, 1.807) is 0 Å². The van der Waals surface area contributed by atoms with Crippen molar-refractivity contribution in [3.05, 3.63) is 28.4 Å². The number of aromatic nitrogens is 2. The quantitative estimate of drug-likeness (QED) is 0.330. The van der Waals surface area contributed by atoms with E-state index in [1.165, 1.54) is 39.8 Å². The minimum atomic E-state index is -1.13. The molecule has 3 aliphatic rings. The van der Waals surface area contributed by atoms with Gasteiger partial charge in [0, 0.05) is 17.5 Å². The highest BCUT2D eigenvalue weighted by atomic mass is 32.2. The first-order chi connectivity index (χ1) is 14.4. The number of carbonyl (C=O) groups excluding carboxylic acids is 2. The summed E-state index contributed by atoms with van der Waals surface area (Å²) >= 11 is 4.33. The summed E-state index contributed by atoms with van der Waals surface area (Å²) in [4.78, 5) is 38.2. The van der Waals surface area contributed by atoms with Crippen molar-refractivity contribution in [2.24, 2.45) is 0 Å². The summed E-state index contributed by atoms with van der Waals surface area (Å²) in [6.07, 6.45) is 6.69. The number of β-lactam (4-membered cyclic amide) rings is 1. The van der Waals surface area contributed by atoms with E-state index in [9.17, 15) is 19.5 Å². The smallest absolute Gasteiger partial charge is 0.352 e. The van der Waals surface area contributed by atoms with Crippen molar-refractivity contribution in [1.29, 1.82) is 0 Å². The molecule has 2 unspecified atom stereocenters. The van der Waals surface area contributed by atoms with Gasteiger partial charge < -0.3 is 15.7 Å². The molecule has 12 heteroatoms. The van der Waals surface area contributed by atoms with E-state index in [0.29, 0.717) is 17.1 Å². The number of rotatable bonds is 6. The molecule has 1 aromatic heterocycles. The Kier molecular flexibility index (Phi) is 6.34. The number of aryl methyl sites for hydroxylation is 1. The van der Waals surface area contributed by atoms with E-state index in [4.69, 9.17) is 0 Å². The lowest BCUT2D eigenvalue weighted by molar-refractivity contribution is -0.148. The number of urea groups is 1. The van der Waals surface area contributed by atoms with Crippen molar-refractivity contribution in [3.8, 4) is 0 Å². The van der Waals surface area contributed by atoms with Gasteiger partial charge in [-0.3, -0.25) is 9.69 Å². The number of allylic oxidation sites excluding steroid dienone is 1. The van der Waals surface area contributed by atoms with Crippen LogP contribution in [0.4, 0.5) is 4.79 Å². The topological polar surface area (TPSA) is 125 Å². The van der Waals surface area contributed by atoms with Gasteiger partial charge in [0.2, 0.25) is 0 Å². The molecule has 30 heavy (non-hydrogen) atoms. The maximum Gasteiger partial charge on any atom is 0.352 e. The fraction of sp³-hybridized carbons (Fsp3) is 0.500. The van der Waals surface area contributed by atoms with Gasteiger partial charge in [0.1, 0.15) is 22.1 Å². The maximum atomic E-state index is 12.7. The molecule has 160 valence electrons. The number of thioether (sulfide) groups is 2. The molecule has 3 atom stereocenters. The molecule has 1 fully saturated rings. The van der Waals surface area contributed by atoms with Gasteiger partial charge in [0.15, 0.2) is 4.34 Å². The Hall–Kier alpha value is -2.05. The Labute approximate surface area is 185 Å². The molecule has 1 saturated heterocycles. The van der Waals surface area contributed by atoms with Gasteiger partial charge in [-0.25, -0.2) is 9.59 Å². The maximum absolute atomic E-state index is 12.7. The van der Waals surface area contributed by atoms with Crippen molar-refractivity contribution < 1.29 is 19.5 Å². The molecule has 3 heterocycles. The minimum absolute atomic E-state index is 0.0216. The highest BCUT2D eigenvalue weighted by molar-refractivity contribution is 8.01. The lowest BCUT2D eigenvalue weighted by Crippen LogP contribution is -2.71. The van der Waals surface area contributed by atoms with Crippen LogP contribution in [0.2, 0.25) is 0 Å². The summed E-state index contributed by atoms with van der Waals surface area (Å²) in [5, 5.41) is 23.8. The van der Waals surface area contributed by atoms with Gasteiger partial charge in [0.25, 0.3) is 5.91 Å². The van der Waals surface area contributed by atoms with E-state index in [1.807, 2.05) is 13.0 Å². The fourth-order valence-corrected chi connectivity index (χ4v) is 6.87. The van der Waals surface area contributed by atoms with Crippen LogP contribution in [-0.2, 0) is 9.59 Å². The van der Waals surface area contributed by atoms with E-state index in [-0.39, 0.29) is 17.8 Å². The molecule has 0 bridgehead atoms. The Morgan fingerprint density at radius 2 is 2.17 bits per heavy atom. The van der Waals surface area contributed by atoms with Gasteiger partial charge in [0.05, 0.1) is 0 Å². The Balaban J connectivity index is 1.40. The first-order valence-corrected chi connectivity index (χ1v) is 12.3. The molecule has 0 saturated carbocycles. The monoisotopic (exact) mass is 467 g/mol. The Morgan fingerprint density at radius 1 is 1.33 bits per heavy atom. The van der Waals surface area contributed by atoms with Gasteiger partial charge in [-0.15, -0.1) is 22.0 Å². The standard InChI is InChI=1S/C18H21N5O4S3/c1-9-21-22-18(30-9)29-8-10-7-28-15-12(14(24)23(15)13(10)16(25)26)20-17(27)19-11-5-3-2-4-6-11/h2-3,11-12,15H,4-8H2,1H3,(H,25,26)(H2,19,20,27)/t11?,12?,15-/m0/s1. The summed E-state index contributed by atoms with van der Waals surface area (Å²) in [6.45, 7) is 1.86. The van der Waals surface area contributed by atoms with E-state index in [0.717, 1.165) is 28.6 Å². The van der Waals surface area contributed by atoms with Crippen LogP contribution in [0.15, 0.2) is 27.8 Å². The normalized spacial score (nSPS) is 25.6. The van der Waals surface area contributed by atoms with Crippen molar-refractivity contribution >= 4 is 52.8 Å². The third-order valence-corrected chi connectivity index (χ3v) is 8.42. The lowest BCUT2D eigenvalue weighted by atomic mass is 10.0. The number of nitrogens with zero attached hydrogens (tertiary/aromatic N) is 3. The number of nitrogens with one attached hydrogen (secondary N) is 2. The Bertz CT molecular complexity index is 931. The number of carboxylic acids is 1. The molecule has 2 aliphatic heterocycles. The van der Waals surface area contributed by atoms with Gasteiger partial charge in [-0.05, 0) is 31.8 Å². The molecule has 0 aromatic carbocycles. The van der Waals surface area contributed by atoms with Crippen molar-refractivity contribution in [1.82, 2.24) is 25.7 Å². The molecule has 1 aromatic rings. The average Bonchev–Trinajstić information content (AvgIpc) is 3.15. The third-order valence-electron chi connectivity index (χ3n) is 5.02. The SMILES string of the molecule is Cc1nnc(SCC2=C(C(=O)O)N3C(=O)C(NC(=O)NC4CC=CCC4)[C@@H]3SC2)s1. The van der Waals surface area contributed by atoms with Crippen LogP contribution < -0.4 is 10.6 Å². The Morgan fingerprint density at radius 3 is 2.83 bits per heavy atom. The zero-order valence-electron chi connectivity index (χ0n) is 16.2. The molecular weight excluding hydrogens is 446 g/mol. The second-order valence-electron chi connectivity index (χ2n) is 7.12. The van der Waals surface area contributed by atoms with Crippen LogP contribution in [0.3, 0.4) is 0 Å². The highest BCUT2D eigenvalue weighted by Gasteiger charge is 2.54. The number of fused-ring (bicyclic) bond motifs is 1. The summed E-state index contributed by atoms with van der Waals surface area (Å²) in [6, 6.07) is -1.05. The van der Waals surface area contributed by atoms with Crippen LogP contribution in [-0.4, -0.2) is 67.1 Å². The second-order valence-corrected chi connectivity index (χ2v) is 10.6. The average molecular weight is 468 g/mol. The number of carbonyl (C=O) groups is 3. The molecule has 3 N–H and O–H groups in total. The largest absolute Gasteiger partial charge is 0.477 e. The summed E-state index contributed by atoms with van der Waals surface area (Å²) < 4.78 is 0.764. The molecule has 4 rings (SSSR count). The van der Waals surface area contributed by atoms with Crippen molar-refractivity contribution in [2.75, 3.05) is 11.5 Å². The van der Waals surface area contributed by atoms with Crippen LogP contribution in [0.1, 0.15) is 24.3 Å². The summed E-state index contributed by atoms with van der Waals surface area (Å²) in [5.74, 6) is -0.617. The van der Waals surface area contributed by atoms with Crippen molar-refractivity contribution in [2.45, 2.75) is 48.0 Å². The summed E-state index contributed by atoms with van der Waals surface area (Å²) in [7, 11) is 0.